The zero-order chi connectivity index (χ0) is 18.4. The molecule has 0 saturated carbocycles. The molecule has 0 saturated heterocycles. The molecule has 25 heavy (non-hydrogen) atoms. The third-order valence-corrected chi connectivity index (χ3v) is 4.20. The van der Waals surface area contributed by atoms with Crippen molar-refractivity contribution in [2.45, 2.75) is 38.6 Å². The fourth-order valence-corrected chi connectivity index (χ4v) is 2.47. The predicted molar refractivity (Wildman–Crippen MR) is 89.9 cm³/mol. The van der Waals surface area contributed by atoms with Crippen LogP contribution in [-0.2, 0) is 14.3 Å². The second-order valence-corrected chi connectivity index (χ2v) is 6.01. The molecule has 1 atom stereocenters. The number of ether oxygens (including phenoxy) is 3. The Morgan fingerprint density at radius 3 is 2.48 bits per heavy atom. The number of fused-ring (bicyclic) bond motifs is 1. The lowest BCUT2D eigenvalue weighted by Crippen LogP contribution is -2.52. The molecule has 0 unspecified atom stereocenters. The van der Waals surface area contributed by atoms with Gasteiger partial charge in [-0.25, -0.2) is 4.79 Å². The maximum atomic E-state index is 12.3. The maximum Gasteiger partial charge on any atom is 0.331 e. The van der Waals surface area contributed by atoms with Crippen LogP contribution in [0.4, 0.5) is 0 Å². The molecule has 136 valence electrons. The van der Waals surface area contributed by atoms with Gasteiger partial charge in [-0.2, -0.15) is 0 Å². The first kappa shape index (κ1) is 18.8. The van der Waals surface area contributed by atoms with Gasteiger partial charge in [-0.15, -0.1) is 0 Å². The fourth-order valence-electron chi connectivity index (χ4n) is 2.47. The minimum atomic E-state index is -1.09. The van der Waals surface area contributed by atoms with Gasteiger partial charge in [0.05, 0.1) is 7.11 Å². The van der Waals surface area contributed by atoms with Gasteiger partial charge in [0.1, 0.15) is 18.8 Å². The Balaban J connectivity index is 1.93. The lowest BCUT2D eigenvalue weighted by Gasteiger charge is -2.26. The van der Waals surface area contributed by atoms with Gasteiger partial charge in [0.25, 0.3) is 0 Å². The first-order chi connectivity index (χ1) is 11.9. The van der Waals surface area contributed by atoms with Crippen molar-refractivity contribution < 1.29 is 28.6 Å². The van der Waals surface area contributed by atoms with Crippen LogP contribution in [0, 0.1) is 0 Å². The van der Waals surface area contributed by atoms with E-state index in [-0.39, 0.29) is 24.5 Å². The summed E-state index contributed by atoms with van der Waals surface area (Å²) in [4.78, 5) is 36.1. The monoisotopic (exact) mass is 349 g/mol. The minimum Gasteiger partial charge on any atom is -0.486 e. The molecular formula is C18H23NO6. The van der Waals surface area contributed by atoms with Crippen LogP contribution in [0.15, 0.2) is 18.2 Å². The number of hydrogen-bond donors (Lipinski definition) is 1. The Morgan fingerprint density at radius 2 is 1.84 bits per heavy atom. The molecule has 7 nitrogen and oxygen atoms in total. The van der Waals surface area contributed by atoms with Crippen molar-refractivity contribution in [3.8, 4) is 11.5 Å². The number of carbonyl (C=O) groups excluding carboxylic acids is 3. The molecule has 1 amide bonds. The second-order valence-electron chi connectivity index (χ2n) is 6.01. The van der Waals surface area contributed by atoms with Crippen LogP contribution in [0.1, 0.15) is 43.5 Å². The summed E-state index contributed by atoms with van der Waals surface area (Å²) in [5, 5.41) is 2.64. The van der Waals surface area contributed by atoms with Crippen molar-refractivity contribution in [2.75, 3.05) is 20.3 Å². The number of benzene rings is 1. The summed E-state index contributed by atoms with van der Waals surface area (Å²) >= 11 is 0. The van der Waals surface area contributed by atoms with Crippen molar-refractivity contribution in [1.82, 2.24) is 5.32 Å². The molecule has 1 aromatic carbocycles. The van der Waals surface area contributed by atoms with E-state index in [4.69, 9.17) is 14.2 Å². The topological polar surface area (TPSA) is 90.9 Å². The van der Waals surface area contributed by atoms with Gasteiger partial charge in [0, 0.05) is 18.4 Å². The summed E-state index contributed by atoms with van der Waals surface area (Å²) in [6.07, 6.45) is 0.411. The van der Waals surface area contributed by atoms with Crippen molar-refractivity contribution in [3.63, 3.8) is 0 Å². The van der Waals surface area contributed by atoms with Crippen molar-refractivity contribution in [1.29, 1.82) is 0 Å². The highest BCUT2D eigenvalue weighted by Gasteiger charge is 2.34. The van der Waals surface area contributed by atoms with E-state index in [1.807, 2.05) is 0 Å². The zero-order valence-electron chi connectivity index (χ0n) is 14.7. The number of Topliss-reactive ketones (excluding diaryl/α,β-unsaturated/α-hetero) is 1. The SMILES string of the molecule is CC[C@](C)(NC(=O)CCC(=O)c1ccc2c(c1)OCCO2)C(=O)OC. The third kappa shape index (κ3) is 4.49. The molecule has 7 heteroatoms. The smallest absolute Gasteiger partial charge is 0.331 e. The van der Waals surface area contributed by atoms with Crippen LogP contribution >= 0.6 is 0 Å². The standard InChI is InChI=1S/C18H23NO6/c1-4-18(2,17(22)23-3)19-16(21)8-6-13(20)12-5-7-14-15(11-12)25-10-9-24-14/h5,7,11H,4,6,8-10H2,1-3H3,(H,19,21)/t18-/m0/s1. The first-order valence-corrected chi connectivity index (χ1v) is 8.22. The Hall–Kier alpha value is -2.57. The van der Waals surface area contributed by atoms with E-state index in [2.05, 4.69) is 5.32 Å². The summed E-state index contributed by atoms with van der Waals surface area (Å²) in [5.74, 6) is 0.0775. The molecular weight excluding hydrogens is 326 g/mol. The Kier molecular flexibility index (Phi) is 6.01. The molecule has 1 aromatic rings. The van der Waals surface area contributed by atoms with Crippen molar-refractivity contribution in [3.05, 3.63) is 23.8 Å². The highest BCUT2D eigenvalue weighted by molar-refractivity contribution is 5.99. The van der Waals surface area contributed by atoms with E-state index in [0.717, 1.165) is 0 Å². The van der Waals surface area contributed by atoms with Gasteiger partial charge in [-0.05, 0) is 31.5 Å². The maximum absolute atomic E-state index is 12.3. The number of rotatable bonds is 7. The number of amides is 1. The van der Waals surface area contributed by atoms with Crippen molar-refractivity contribution in [2.24, 2.45) is 0 Å². The summed E-state index contributed by atoms with van der Waals surface area (Å²) in [6.45, 7) is 4.30. The molecule has 0 radical (unpaired) electrons. The van der Waals surface area contributed by atoms with Crippen LogP contribution in [0.25, 0.3) is 0 Å². The summed E-state index contributed by atoms with van der Waals surface area (Å²) < 4.78 is 15.6. The van der Waals surface area contributed by atoms with Gasteiger partial charge < -0.3 is 19.5 Å². The molecule has 2 rings (SSSR count). The van der Waals surface area contributed by atoms with E-state index >= 15 is 0 Å². The molecule has 1 aliphatic rings. The molecule has 1 heterocycles. The molecule has 0 aliphatic carbocycles. The summed E-state index contributed by atoms with van der Waals surface area (Å²) in [7, 11) is 1.27. The van der Waals surface area contributed by atoms with Crippen LogP contribution in [0.5, 0.6) is 11.5 Å². The second kappa shape index (κ2) is 8.00. The lowest BCUT2D eigenvalue weighted by molar-refractivity contribution is -0.150. The molecule has 0 aromatic heterocycles. The predicted octanol–water partition coefficient (Wildman–Crippen LogP) is 1.88. The van der Waals surface area contributed by atoms with E-state index in [0.29, 0.717) is 36.7 Å². The van der Waals surface area contributed by atoms with Gasteiger partial charge in [0.15, 0.2) is 17.3 Å². The Labute approximate surface area is 146 Å². The Morgan fingerprint density at radius 1 is 1.16 bits per heavy atom. The number of esters is 1. The Bertz CT molecular complexity index is 672. The average molecular weight is 349 g/mol. The molecule has 1 N–H and O–H groups in total. The van der Waals surface area contributed by atoms with Crippen LogP contribution in [-0.4, -0.2) is 43.5 Å². The van der Waals surface area contributed by atoms with Gasteiger partial charge in [-0.3, -0.25) is 9.59 Å². The number of carbonyl (C=O) groups is 3. The van der Waals surface area contributed by atoms with Crippen LogP contribution in [0.3, 0.4) is 0 Å². The van der Waals surface area contributed by atoms with E-state index in [1.54, 1.807) is 32.0 Å². The van der Waals surface area contributed by atoms with Crippen LogP contribution in [0.2, 0.25) is 0 Å². The molecule has 0 bridgehead atoms. The quantitative estimate of drug-likeness (QED) is 0.597. The van der Waals surface area contributed by atoms with Gasteiger partial charge >= 0.3 is 5.97 Å². The molecule has 1 aliphatic heterocycles. The van der Waals surface area contributed by atoms with Crippen molar-refractivity contribution >= 4 is 17.7 Å². The van der Waals surface area contributed by atoms with Gasteiger partial charge in [0.2, 0.25) is 5.91 Å². The number of methoxy groups -OCH3 is 1. The fraction of sp³-hybridized carbons (Fsp3) is 0.500. The average Bonchev–Trinajstić information content (AvgIpc) is 2.64. The van der Waals surface area contributed by atoms with E-state index in [9.17, 15) is 14.4 Å². The van der Waals surface area contributed by atoms with E-state index in [1.165, 1.54) is 7.11 Å². The molecule has 0 fully saturated rings. The minimum absolute atomic E-state index is 0.0140. The molecule has 0 spiro atoms. The first-order valence-electron chi connectivity index (χ1n) is 8.22. The number of ketones is 1. The summed E-state index contributed by atoms with van der Waals surface area (Å²) in [6, 6.07) is 4.96. The third-order valence-electron chi connectivity index (χ3n) is 4.20. The lowest BCUT2D eigenvalue weighted by atomic mass is 9.98. The normalized spacial score (nSPS) is 15.0. The summed E-state index contributed by atoms with van der Waals surface area (Å²) in [5.41, 5.74) is -0.630. The van der Waals surface area contributed by atoms with E-state index < -0.39 is 11.5 Å². The number of nitrogens with one attached hydrogen (secondary N) is 1. The van der Waals surface area contributed by atoms with Crippen LogP contribution < -0.4 is 14.8 Å². The highest BCUT2D eigenvalue weighted by atomic mass is 16.6. The largest absolute Gasteiger partial charge is 0.486 e. The zero-order valence-corrected chi connectivity index (χ0v) is 14.7. The van der Waals surface area contributed by atoms with Gasteiger partial charge in [-0.1, -0.05) is 6.92 Å². The number of hydrogen-bond acceptors (Lipinski definition) is 6. The highest BCUT2D eigenvalue weighted by Crippen LogP contribution is 2.31.